The minimum Gasteiger partial charge on any atom is -0.444 e. The number of benzene rings is 1. The van der Waals surface area contributed by atoms with Gasteiger partial charge in [-0.25, -0.2) is 14.2 Å². The van der Waals surface area contributed by atoms with Crippen molar-refractivity contribution in [3.8, 4) is 0 Å². The molecule has 1 aromatic carbocycles. The van der Waals surface area contributed by atoms with Crippen LogP contribution >= 0.6 is 0 Å². The van der Waals surface area contributed by atoms with Crippen molar-refractivity contribution in [2.24, 2.45) is 0 Å². The number of amides is 1. The number of carbonyl (C=O) groups excluding carboxylic acids is 1. The maximum Gasteiger partial charge on any atom is 0.410 e. The average molecular weight is 349 g/mol. The first-order chi connectivity index (χ1) is 11.7. The van der Waals surface area contributed by atoms with Gasteiger partial charge in [-0.1, -0.05) is 12.1 Å². The Morgan fingerprint density at radius 2 is 2.04 bits per heavy atom. The lowest BCUT2D eigenvalue weighted by atomic mass is 10.1. The number of carbonyl (C=O) groups is 1. The van der Waals surface area contributed by atoms with Crippen molar-refractivity contribution in [1.82, 2.24) is 14.9 Å². The van der Waals surface area contributed by atoms with Crippen LogP contribution < -0.4 is 0 Å². The van der Waals surface area contributed by atoms with Crippen LogP contribution in [0.4, 0.5) is 9.18 Å². The lowest BCUT2D eigenvalue weighted by Gasteiger charge is -2.27. The molecule has 6 nitrogen and oxygen atoms in total. The van der Waals surface area contributed by atoms with E-state index in [9.17, 15) is 14.3 Å². The van der Waals surface area contributed by atoms with Gasteiger partial charge >= 0.3 is 6.09 Å². The molecule has 0 fully saturated rings. The molecule has 0 spiro atoms. The number of hydrogen-bond acceptors (Lipinski definition) is 4. The smallest absolute Gasteiger partial charge is 0.410 e. The fourth-order valence-electron chi connectivity index (χ4n) is 2.26. The van der Waals surface area contributed by atoms with E-state index in [0.29, 0.717) is 17.8 Å². The number of nitrogens with one attached hydrogen (secondary N) is 1. The number of H-pyrrole nitrogens is 1. The van der Waals surface area contributed by atoms with E-state index in [-0.39, 0.29) is 18.9 Å². The summed E-state index contributed by atoms with van der Waals surface area (Å²) in [5.74, 6) is 0.270. The number of ether oxygens (including phenoxy) is 1. The molecule has 0 aliphatic rings. The third kappa shape index (κ3) is 6.19. The topological polar surface area (TPSA) is 78.4 Å². The Labute approximate surface area is 146 Å². The lowest BCUT2D eigenvalue weighted by molar-refractivity contribution is 0.0199. The standard InChI is InChI=1S/C18H24FN3O3/c1-18(2,3)25-17(24)22(12-16-20-9-10-21-16)11-8-15(23)13-4-6-14(19)7-5-13/h4-7,9-10,15,23H,8,11-12H2,1-3H3,(H,20,21). The molecule has 2 rings (SSSR count). The molecular formula is C18H24FN3O3. The number of hydrogen-bond donors (Lipinski definition) is 2. The van der Waals surface area contributed by atoms with Crippen molar-refractivity contribution < 1.29 is 19.0 Å². The van der Waals surface area contributed by atoms with Gasteiger partial charge in [-0.15, -0.1) is 0 Å². The number of aromatic amines is 1. The van der Waals surface area contributed by atoms with Gasteiger partial charge in [-0.05, 0) is 44.9 Å². The van der Waals surface area contributed by atoms with Crippen molar-refractivity contribution in [3.63, 3.8) is 0 Å². The first kappa shape index (κ1) is 18.9. The van der Waals surface area contributed by atoms with Crippen LogP contribution in [0.1, 0.15) is 44.7 Å². The minimum atomic E-state index is -0.804. The van der Waals surface area contributed by atoms with Gasteiger partial charge in [0.2, 0.25) is 0 Å². The van der Waals surface area contributed by atoms with E-state index < -0.39 is 17.8 Å². The Kier molecular flexibility index (Phi) is 6.14. The molecule has 0 saturated heterocycles. The number of rotatable bonds is 6. The van der Waals surface area contributed by atoms with Gasteiger partial charge in [-0.2, -0.15) is 0 Å². The molecule has 1 heterocycles. The minimum absolute atomic E-state index is 0.248. The van der Waals surface area contributed by atoms with Crippen LogP contribution in [0.3, 0.4) is 0 Å². The molecular weight excluding hydrogens is 325 g/mol. The summed E-state index contributed by atoms with van der Waals surface area (Å²) in [4.78, 5) is 21.0. The Morgan fingerprint density at radius 1 is 1.36 bits per heavy atom. The average Bonchev–Trinajstić information content (AvgIpc) is 3.03. The number of aliphatic hydroxyl groups excluding tert-OH is 1. The van der Waals surface area contributed by atoms with Crippen LogP contribution in [0.15, 0.2) is 36.7 Å². The predicted molar refractivity (Wildman–Crippen MR) is 91.2 cm³/mol. The SMILES string of the molecule is CC(C)(C)OC(=O)N(CCC(O)c1ccc(F)cc1)Cc1ncc[nH]1. The van der Waals surface area contributed by atoms with Gasteiger partial charge in [0.25, 0.3) is 0 Å². The molecule has 0 bridgehead atoms. The van der Waals surface area contributed by atoms with Crippen LogP contribution in [-0.4, -0.2) is 38.2 Å². The van der Waals surface area contributed by atoms with Gasteiger partial charge < -0.3 is 19.7 Å². The maximum absolute atomic E-state index is 13.0. The second-order valence-corrected chi connectivity index (χ2v) is 6.79. The zero-order valence-corrected chi connectivity index (χ0v) is 14.7. The molecule has 0 radical (unpaired) electrons. The van der Waals surface area contributed by atoms with Crippen molar-refractivity contribution in [3.05, 3.63) is 53.9 Å². The fraction of sp³-hybridized carbons (Fsp3) is 0.444. The predicted octanol–water partition coefficient (Wildman–Crippen LogP) is 3.41. The zero-order valence-electron chi connectivity index (χ0n) is 14.7. The summed E-state index contributed by atoms with van der Waals surface area (Å²) < 4.78 is 18.4. The molecule has 2 aromatic rings. The Hall–Kier alpha value is -2.41. The summed E-state index contributed by atoms with van der Waals surface area (Å²) in [5, 5.41) is 10.3. The van der Waals surface area contributed by atoms with Gasteiger partial charge in [0, 0.05) is 18.9 Å². The first-order valence-corrected chi connectivity index (χ1v) is 8.14. The van der Waals surface area contributed by atoms with Gasteiger partial charge in [-0.3, -0.25) is 0 Å². The van der Waals surface area contributed by atoms with E-state index in [2.05, 4.69) is 9.97 Å². The van der Waals surface area contributed by atoms with Gasteiger partial charge in [0.05, 0.1) is 12.6 Å². The second-order valence-electron chi connectivity index (χ2n) is 6.79. The molecule has 1 unspecified atom stereocenters. The van der Waals surface area contributed by atoms with Crippen LogP contribution in [0, 0.1) is 5.82 Å². The Balaban J connectivity index is 2.01. The molecule has 1 amide bonds. The van der Waals surface area contributed by atoms with Gasteiger partial charge in [0.1, 0.15) is 17.2 Å². The molecule has 7 heteroatoms. The van der Waals surface area contributed by atoms with Crippen molar-refractivity contribution in [1.29, 1.82) is 0 Å². The van der Waals surface area contributed by atoms with Crippen molar-refractivity contribution in [2.45, 2.75) is 45.4 Å². The summed E-state index contributed by atoms with van der Waals surface area (Å²) in [7, 11) is 0. The lowest BCUT2D eigenvalue weighted by Crippen LogP contribution is -2.37. The van der Waals surface area contributed by atoms with E-state index in [1.165, 1.54) is 29.2 Å². The van der Waals surface area contributed by atoms with Gasteiger partial charge in [0.15, 0.2) is 0 Å². The quantitative estimate of drug-likeness (QED) is 0.838. The molecule has 1 atom stereocenters. The van der Waals surface area contributed by atoms with E-state index >= 15 is 0 Å². The first-order valence-electron chi connectivity index (χ1n) is 8.14. The second kappa shape index (κ2) is 8.11. The summed E-state index contributed by atoms with van der Waals surface area (Å²) in [6, 6.07) is 5.66. The summed E-state index contributed by atoms with van der Waals surface area (Å²) in [6.45, 7) is 5.90. The molecule has 0 aliphatic carbocycles. The monoisotopic (exact) mass is 349 g/mol. The van der Waals surface area contributed by atoms with Crippen molar-refractivity contribution in [2.75, 3.05) is 6.54 Å². The maximum atomic E-state index is 13.0. The van der Waals surface area contributed by atoms with Crippen LogP contribution in [0.2, 0.25) is 0 Å². The highest BCUT2D eigenvalue weighted by Crippen LogP contribution is 2.19. The Morgan fingerprint density at radius 3 is 2.60 bits per heavy atom. The number of aliphatic hydroxyl groups is 1. The molecule has 0 saturated carbocycles. The molecule has 0 aliphatic heterocycles. The summed E-state index contributed by atoms with van der Waals surface area (Å²) in [5.41, 5.74) is -0.0165. The van der Waals surface area contributed by atoms with E-state index in [4.69, 9.17) is 4.74 Å². The number of halogens is 1. The summed E-state index contributed by atoms with van der Waals surface area (Å²) >= 11 is 0. The third-order valence-corrected chi connectivity index (χ3v) is 3.47. The highest BCUT2D eigenvalue weighted by atomic mass is 19.1. The van der Waals surface area contributed by atoms with E-state index in [0.717, 1.165) is 0 Å². The number of aromatic nitrogens is 2. The normalized spacial score (nSPS) is 12.7. The fourth-order valence-corrected chi connectivity index (χ4v) is 2.26. The zero-order chi connectivity index (χ0) is 18.4. The summed E-state index contributed by atoms with van der Waals surface area (Å²) in [6.07, 6.45) is 2.30. The highest BCUT2D eigenvalue weighted by molar-refractivity contribution is 5.68. The molecule has 2 N–H and O–H groups in total. The van der Waals surface area contributed by atoms with E-state index in [1.807, 2.05) is 0 Å². The van der Waals surface area contributed by atoms with Crippen LogP contribution in [0.5, 0.6) is 0 Å². The van der Waals surface area contributed by atoms with Crippen LogP contribution in [-0.2, 0) is 11.3 Å². The number of nitrogens with zero attached hydrogens (tertiary/aromatic N) is 2. The highest BCUT2D eigenvalue weighted by Gasteiger charge is 2.23. The largest absolute Gasteiger partial charge is 0.444 e. The molecule has 136 valence electrons. The molecule has 1 aromatic heterocycles. The number of imidazole rings is 1. The third-order valence-electron chi connectivity index (χ3n) is 3.47. The van der Waals surface area contributed by atoms with Crippen LogP contribution in [0.25, 0.3) is 0 Å². The Bertz CT molecular complexity index is 666. The molecule has 25 heavy (non-hydrogen) atoms. The van der Waals surface area contributed by atoms with Crippen molar-refractivity contribution >= 4 is 6.09 Å². The van der Waals surface area contributed by atoms with E-state index in [1.54, 1.807) is 33.2 Å².